The second-order valence-corrected chi connectivity index (χ2v) is 5.57. The molecule has 5 heteroatoms. The molecule has 1 heterocycles. The Labute approximate surface area is 112 Å². The topological polar surface area (TPSA) is 52.6 Å². The number of carboxylic acid groups (broad SMARTS) is 1. The summed E-state index contributed by atoms with van der Waals surface area (Å²) < 4.78 is 13.0. The summed E-state index contributed by atoms with van der Waals surface area (Å²) in [6.45, 7) is 5.66. The van der Waals surface area contributed by atoms with E-state index < -0.39 is 11.9 Å². The van der Waals surface area contributed by atoms with Gasteiger partial charge in [0.25, 0.3) is 0 Å². The van der Waals surface area contributed by atoms with Crippen molar-refractivity contribution >= 4 is 11.7 Å². The number of nitrogens with one attached hydrogen (secondary N) is 1. The number of benzene rings is 1. The Morgan fingerprint density at radius 2 is 2.05 bits per heavy atom. The van der Waals surface area contributed by atoms with Crippen LogP contribution in [0.4, 0.5) is 10.1 Å². The number of rotatable bonds is 2. The van der Waals surface area contributed by atoms with Crippen LogP contribution in [0.25, 0.3) is 0 Å². The quantitative estimate of drug-likeness (QED) is 0.855. The van der Waals surface area contributed by atoms with Gasteiger partial charge in [-0.1, -0.05) is 0 Å². The zero-order chi connectivity index (χ0) is 14.0. The van der Waals surface area contributed by atoms with E-state index in [-0.39, 0.29) is 11.4 Å². The molecule has 0 spiro atoms. The largest absolute Gasteiger partial charge is 0.481 e. The lowest BCUT2D eigenvalue weighted by Gasteiger charge is -2.39. The van der Waals surface area contributed by atoms with Crippen molar-refractivity contribution in [2.24, 2.45) is 5.92 Å². The Bertz CT molecular complexity index is 459. The SMILES string of the molecule is CC1(C)CNCC(C(=O)O)CN1c1ccc(F)cc1. The van der Waals surface area contributed by atoms with Gasteiger partial charge in [0.2, 0.25) is 0 Å². The Hall–Kier alpha value is -1.62. The van der Waals surface area contributed by atoms with E-state index >= 15 is 0 Å². The van der Waals surface area contributed by atoms with E-state index in [2.05, 4.69) is 5.32 Å². The van der Waals surface area contributed by atoms with Crippen LogP contribution in [0.5, 0.6) is 0 Å². The number of nitrogens with zero attached hydrogens (tertiary/aromatic N) is 1. The summed E-state index contributed by atoms with van der Waals surface area (Å²) in [5.74, 6) is -1.56. The van der Waals surface area contributed by atoms with Crippen LogP contribution in [0.2, 0.25) is 0 Å². The van der Waals surface area contributed by atoms with Gasteiger partial charge in [0.1, 0.15) is 5.82 Å². The molecule has 0 bridgehead atoms. The molecule has 0 amide bonds. The molecule has 1 fully saturated rings. The van der Waals surface area contributed by atoms with Crippen molar-refractivity contribution in [3.63, 3.8) is 0 Å². The minimum Gasteiger partial charge on any atom is -0.481 e. The molecule has 1 aliphatic heterocycles. The Morgan fingerprint density at radius 3 is 2.63 bits per heavy atom. The van der Waals surface area contributed by atoms with Gasteiger partial charge in [-0.2, -0.15) is 0 Å². The molecular weight excluding hydrogens is 247 g/mol. The monoisotopic (exact) mass is 266 g/mol. The third-order valence-electron chi connectivity index (χ3n) is 3.57. The maximum atomic E-state index is 13.0. The Kier molecular flexibility index (Phi) is 3.75. The first-order valence-electron chi connectivity index (χ1n) is 6.37. The minimum atomic E-state index is -0.808. The predicted molar refractivity (Wildman–Crippen MR) is 71.8 cm³/mol. The molecule has 4 nitrogen and oxygen atoms in total. The maximum Gasteiger partial charge on any atom is 0.309 e. The van der Waals surface area contributed by atoms with Crippen LogP contribution < -0.4 is 10.2 Å². The third kappa shape index (κ3) is 3.04. The van der Waals surface area contributed by atoms with Gasteiger partial charge in [-0.05, 0) is 38.1 Å². The molecular formula is C14H19FN2O2. The van der Waals surface area contributed by atoms with Gasteiger partial charge in [0.05, 0.1) is 5.92 Å². The zero-order valence-electron chi connectivity index (χ0n) is 11.2. The third-order valence-corrected chi connectivity index (χ3v) is 3.57. The smallest absolute Gasteiger partial charge is 0.309 e. The van der Waals surface area contributed by atoms with Crippen molar-refractivity contribution in [2.75, 3.05) is 24.5 Å². The van der Waals surface area contributed by atoms with Gasteiger partial charge < -0.3 is 15.3 Å². The maximum absolute atomic E-state index is 13.0. The fourth-order valence-corrected chi connectivity index (χ4v) is 2.42. The molecule has 0 saturated carbocycles. The molecule has 0 radical (unpaired) electrons. The van der Waals surface area contributed by atoms with Crippen molar-refractivity contribution in [1.29, 1.82) is 0 Å². The fraction of sp³-hybridized carbons (Fsp3) is 0.500. The molecule has 1 unspecified atom stereocenters. The normalized spacial score (nSPS) is 22.9. The summed E-state index contributed by atoms with van der Waals surface area (Å²) in [5, 5.41) is 12.4. The average Bonchev–Trinajstić information content (AvgIpc) is 2.49. The van der Waals surface area contributed by atoms with Gasteiger partial charge in [0, 0.05) is 30.9 Å². The number of hydrogen-bond acceptors (Lipinski definition) is 3. The molecule has 1 atom stereocenters. The van der Waals surface area contributed by atoms with E-state index in [1.54, 1.807) is 12.1 Å². The van der Waals surface area contributed by atoms with E-state index in [4.69, 9.17) is 0 Å². The van der Waals surface area contributed by atoms with E-state index in [9.17, 15) is 14.3 Å². The van der Waals surface area contributed by atoms with E-state index in [0.717, 1.165) is 5.69 Å². The van der Waals surface area contributed by atoms with Gasteiger partial charge in [-0.25, -0.2) is 4.39 Å². The van der Waals surface area contributed by atoms with Gasteiger partial charge in [-0.3, -0.25) is 4.79 Å². The molecule has 1 aliphatic rings. The van der Waals surface area contributed by atoms with E-state index in [0.29, 0.717) is 19.6 Å². The number of hydrogen-bond donors (Lipinski definition) is 2. The molecule has 19 heavy (non-hydrogen) atoms. The first kappa shape index (κ1) is 13.8. The van der Waals surface area contributed by atoms with Crippen molar-refractivity contribution in [3.8, 4) is 0 Å². The van der Waals surface area contributed by atoms with E-state index in [1.807, 2.05) is 18.7 Å². The number of carboxylic acids is 1. The molecule has 1 aromatic carbocycles. The van der Waals surface area contributed by atoms with Crippen LogP contribution in [0.3, 0.4) is 0 Å². The van der Waals surface area contributed by atoms with Crippen LogP contribution in [0.15, 0.2) is 24.3 Å². The van der Waals surface area contributed by atoms with Crippen LogP contribution >= 0.6 is 0 Å². The number of anilines is 1. The highest BCUT2D eigenvalue weighted by molar-refractivity contribution is 5.71. The summed E-state index contributed by atoms with van der Waals surface area (Å²) in [7, 11) is 0. The van der Waals surface area contributed by atoms with Crippen LogP contribution in [-0.2, 0) is 4.79 Å². The lowest BCUT2D eigenvalue weighted by Crippen LogP contribution is -2.49. The Balaban J connectivity index is 2.31. The molecule has 1 aromatic rings. The first-order valence-corrected chi connectivity index (χ1v) is 6.37. The molecule has 0 aromatic heterocycles. The van der Waals surface area contributed by atoms with Crippen molar-refractivity contribution < 1.29 is 14.3 Å². The highest BCUT2D eigenvalue weighted by atomic mass is 19.1. The lowest BCUT2D eigenvalue weighted by molar-refractivity contribution is -0.141. The highest BCUT2D eigenvalue weighted by Gasteiger charge is 2.34. The minimum absolute atomic E-state index is 0.220. The summed E-state index contributed by atoms with van der Waals surface area (Å²) in [6, 6.07) is 6.20. The average molecular weight is 266 g/mol. The van der Waals surface area contributed by atoms with Crippen LogP contribution in [-0.4, -0.2) is 36.2 Å². The summed E-state index contributed by atoms with van der Waals surface area (Å²) in [5.41, 5.74) is 0.628. The molecule has 2 N–H and O–H groups in total. The number of carbonyl (C=O) groups is 1. The van der Waals surface area contributed by atoms with Crippen LogP contribution in [0.1, 0.15) is 13.8 Å². The van der Waals surface area contributed by atoms with Gasteiger partial charge in [0.15, 0.2) is 0 Å². The molecule has 2 rings (SSSR count). The first-order chi connectivity index (χ1) is 8.90. The Morgan fingerprint density at radius 1 is 1.42 bits per heavy atom. The van der Waals surface area contributed by atoms with Crippen LogP contribution in [0, 0.1) is 11.7 Å². The van der Waals surface area contributed by atoms with Crippen molar-refractivity contribution in [1.82, 2.24) is 5.32 Å². The van der Waals surface area contributed by atoms with Crippen molar-refractivity contribution in [3.05, 3.63) is 30.1 Å². The number of halogens is 1. The molecule has 1 saturated heterocycles. The lowest BCUT2D eigenvalue weighted by atomic mass is 10.0. The van der Waals surface area contributed by atoms with Crippen molar-refractivity contribution in [2.45, 2.75) is 19.4 Å². The standard InChI is InChI=1S/C14H19FN2O2/c1-14(2)9-16-7-10(13(18)19)8-17(14)12-5-3-11(15)4-6-12/h3-6,10,16H,7-9H2,1-2H3,(H,18,19). The highest BCUT2D eigenvalue weighted by Crippen LogP contribution is 2.27. The van der Waals surface area contributed by atoms with Gasteiger partial charge in [-0.15, -0.1) is 0 Å². The predicted octanol–water partition coefficient (Wildman–Crippen LogP) is 1.71. The molecule has 104 valence electrons. The van der Waals surface area contributed by atoms with E-state index in [1.165, 1.54) is 12.1 Å². The zero-order valence-corrected chi connectivity index (χ0v) is 11.2. The summed E-state index contributed by atoms with van der Waals surface area (Å²) >= 11 is 0. The summed E-state index contributed by atoms with van der Waals surface area (Å²) in [6.07, 6.45) is 0. The second-order valence-electron chi connectivity index (χ2n) is 5.57. The summed E-state index contributed by atoms with van der Waals surface area (Å²) in [4.78, 5) is 13.3. The number of aliphatic carboxylic acids is 1. The fourth-order valence-electron chi connectivity index (χ4n) is 2.42. The van der Waals surface area contributed by atoms with Gasteiger partial charge >= 0.3 is 5.97 Å². The second kappa shape index (κ2) is 5.17. The molecule has 0 aliphatic carbocycles.